The van der Waals surface area contributed by atoms with Gasteiger partial charge >= 0.3 is 0 Å². The van der Waals surface area contributed by atoms with Gasteiger partial charge in [0.15, 0.2) is 5.78 Å². The van der Waals surface area contributed by atoms with E-state index >= 15 is 0 Å². The minimum absolute atomic E-state index is 0.00757. The zero-order valence-electron chi connectivity index (χ0n) is 11.1. The number of nitrogens with one attached hydrogen (secondary N) is 1. The molecule has 0 bridgehead atoms. The van der Waals surface area contributed by atoms with E-state index in [1.165, 1.54) is 0 Å². The second-order valence-electron chi connectivity index (χ2n) is 4.72. The van der Waals surface area contributed by atoms with Gasteiger partial charge in [0.1, 0.15) is 0 Å². The lowest BCUT2D eigenvalue weighted by Gasteiger charge is -2.16. The van der Waals surface area contributed by atoms with Crippen molar-refractivity contribution in [2.75, 3.05) is 13.2 Å². The first-order chi connectivity index (χ1) is 9.22. The summed E-state index contributed by atoms with van der Waals surface area (Å²) in [6.45, 7) is 2.68. The SMILES string of the molecule is CCC1OCCC1C(=O)NCC(=O)c1ccccc1. The first-order valence-corrected chi connectivity index (χ1v) is 6.70. The third-order valence-corrected chi connectivity index (χ3v) is 3.47. The minimum Gasteiger partial charge on any atom is -0.377 e. The third-order valence-electron chi connectivity index (χ3n) is 3.47. The van der Waals surface area contributed by atoms with Crippen LogP contribution in [0, 0.1) is 5.92 Å². The first kappa shape index (κ1) is 13.7. The molecule has 1 amide bonds. The number of hydrogen-bond acceptors (Lipinski definition) is 3. The Morgan fingerprint density at radius 2 is 2.05 bits per heavy atom. The first-order valence-electron chi connectivity index (χ1n) is 6.70. The summed E-state index contributed by atoms with van der Waals surface area (Å²) >= 11 is 0. The third kappa shape index (κ3) is 3.41. The predicted molar refractivity (Wildman–Crippen MR) is 71.9 cm³/mol. The Hall–Kier alpha value is -1.68. The molecule has 1 saturated heterocycles. The molecule has 1 heterocycles. The molecule has 1 aliphatic rings. The molecular formula is C15H19NO3. The minimum atomic E-state index is -0.117. The Labute approximate surface area is 113 Å². The molecule has 19 heavy (non-hydrogen) atoms. The van der Waals surface area contributed by atoms with Gasteiger partial charge in [-0.1, -0.05) is 37.3 Å². The maximum Gasteiger partial charge on any atom is 0.226 e. The summed E-state index contributed by atoms with van der Waals surface area (Å²) in [6, 6.07) is 8.99. The van der Waals surface area contributed by atoms with Gasteiger partial charge in [0.25, 0.3) is 0 Å². The lowest BCUT2D eigenvalue weighted by Crippen LogP contribution is -2.37. The fraction of sp³-hybridized carbons (Fsp3) is 0.467. The topological polar surface area (TPSA) is 55.4 Å². The number of carbonyl (C=O) groups excluding carboxylic acids is 2. The van der Waals surface area contributed by atoms with E-state index < -0.39 is 0 Å². The number of benzene rings is 1. The van der Waals surface area contributed by atoms with Crippen LogP contribution < -0.4 is 5.32 Å². The van der Waals surface area contributed by atoms with Gasteiger partial charge in [-0.2, -0.15) is 0 Å². The van der Waals surface area contributed by atoms with Crippen molar-refractivity contribution in [1.29, 1.82) is 0 Å². The molecule has 0 spiro atoms. The summed E-state index contributed by atoms with van der Waals surface area (Å²) in [5.74, 6) is -0.261. The molecule has 2 atom stereocenters. The summed E-state index contributed by atoms with van der Waals surface area (Å²) < 4.78 is 5.48. The van der Waals surface area contributed by atoms with Crippen LogP contribution in [0.25, 0.3) is 0 Å². The maximum atomic E-state index is 12.0. The zero-order valence-corrected chi connectivity index (χ0v) is 11.1. The van der Waals surface area contributed by atoms with Crippen LogP contribution in [0.3, 0.4) is 0 Å². The van der Waals surface area contributed by atoms with Crippen LogP contribution in [0.5, 0.6) is 0 Å². The van der Waals surface area contributed by atoms with Crippen LogP contribution in [-0.2, 0) is 9.53 Å². The Kier molecular flexibility index (Phi) is 4.68. The summed E-state index contributed by atoms with van der Waals surface area (Å²) in [6.07, 6.45) is 1.56. The van der Waals surface area contributed by atoms with Crippen molar-refractivity contribution in [3.63, 3.8) is 0 Å². The highest BCUT2D eigenvalue weighted by atomic mass is 16.5. The van der Waals surface area contributed by atoms with Crippen LogP contribution in [0.2, 0.25) is 0 Å². The van der Waals surface area contributed by atoms with E-state index in [2.05, 4.69) is 5.32 Å². The van der Waals surface area contributed by atoms with Gasteiger partial charge in [-0.3, -0.25) is 9.59 Å². The monoisotopic (exact) mass is 261 g/mol. The van der Waals surface area contributed by atoms with Crippen LogP contribution in [-0.4, -0.2) is 30.9 Å². The molecule has 1 aliphatic heterocycles. The van der Waals surface area contributed by atoms with Crippen LogP contribution in [0.15, 0.2) is 30.3 Å². The smallest absolute Gasteiger partial charge is 0.226 e. The van der Waals surface area contributed by atoms with Crippen LogP contribution in [0.1, 0.15) is 30.1 Å². The molecule has 4 heteroatoms. The number of ether oxygens (including phenoxy) is 1. The van der Waals surface area contributed by atoms with Crippen molar-refractivity contribution in [2.24, 2.45) is 5.92 Å². The summed E-state index contributed by atoms with van der Waals surface area (Å²) in [7, 11) is 0. The van der Waals surface area contributed by atoms with Crippen LogP contribution in [0.4, 0.5) is 0 Å². The molecule has 0 aromatic heterocycles. The van der Waals surface area contributed by atoms with Gasteiger partial charge in [-0.15, -0.1) is 0 Å². The Morgan fingerprint density at radius 3 is 2.74 bits per heavy atom. The van der Waals surface area contributed by atoms with Gasteiger partial charge in [-0.05, 0) is 12.8 Å². The van der Waals surface area contributed by atoms with Crippen molar-refractivity contribution in [1.82, 2.24) is 5.32 Å². The van der Waals surface area contributed by atoms with Crippen molar-refractivity contribution >= 4 is 11.7 Å². The normalized spacial score (nSPS) is 22.2. The molecule has 1 fully saturated rings. The van der Waals surface area contributed by atoms with Gasteiger partial charge in [0.2, 0.25) is 5.91 Å². The number of rotatable bonds is 5. The van der Waals surface area contributed by atoms with Crippen LogP contribution >= 0.6 is 0 Å². The predicted octanol–water partition coefficient (Wildman–Crippen LogP) is 1.80. The van der Waals surface area contributed by atoms with Crippen molar-refractivity contribution in [2.45, 2.75) is 25.9 Å². The Morgan fingerprint density at radius 1 is 1.32 bits per heavy atom. The molecule has 2 unspecified atom stereocenters. The molecule has 1 N–H and O–H groups in total. The lowest BCUT2D eigenvalue weighted by atomic mass is 9.98. The van der Waals surface area contributed by atoms with E-state index in [1.807, 2.05) is 25.1 Å². The number of carbonyl (C=O) groups is 2. The van der Waals surface area contributed by atoms with E-state index in [9.17, 15) is 9.59 Å². The molecule has 1 aromatic rings. The van der Waals surface area contributed by atoms with E-state index in [4.69, 9.17) is 4.74 Å². The standard InChI is InChI=1S/C15H19NO3/c1-2-14-12(8-9-19-14)15(18)16-10-13(17)11-6-4-3-5-7-11/h3-7,12,14H,2,8-10H2,1H3,(H,16,18). The fourth-order valence-electron chi connectivity index (χ4n) is 2.38. The largest absolute Gasteiger partial charge is 0.377 e. The van der Waals surface area contributed by atoms with Gasteiger partial charge < -0.3 is 10.1 Å². The molecule has 102 valence electrons. The van der Waals surface area contributed by atoms with E-state index in [-0.39, 0.29) is 30.3 Å². The van der Waals surface area contributed by atoms with Crippen molar-refractivity contribution in [3.8, 4) is 0 Å². The molecule has 0 aliphatic carbocycles. The Bertz CT molecular complexity index is 444. The number of ketones is 1. The van der Waals surface area contributed by atoms with Gasteiger partial charge in [0.05, 0.1) is 18.6 Å². The van der Waals surface area contributed by atoms with E-state index in [0.717, 1.165) is 12.8 Å². The summed E-state index contributed by atoms with van der Waals surface area (Å²) in [4.78, 5) is 23.9. The second kappa shape index (κ2) is 6.48. The average Bonchev–Trinajstić information content (AvgIpc) is 2.93. The lowest BCUT2D eigenvalue weighted by molar-refractivity contribution is -0.126. The van der Waals surface area contributed by atoms with Gasteiger partial charge in [0, 0.05) is 12.2 Å². The summed E-state index contributed by atoms with van der Waals surface area (Å²) in [5, 5.41) is 2.72. The van der Waals surface area contributed by atoms with E-state index in [0.29, 0.717) is 12.2 Å². The fourth-order valence-corrected chi connectivity index (χ4v) is 2.38. The Balaban J connectivity index is 1.85. The highest BCUT2D eigenvalue weighted by Gasteiger charge is 2.32. The molecule has 0 saturated carbocycles. The number of hydrogen-bond donors (Lipinski definition) is 1. The molecule has 4 nitrogen and oxygen atoms in total. The second-order valence-corrected chi connectivity index (χ2v) is 4.72. The quantitative estimate of drug-likeness (QED) is 0.822. The maximum absolute atomic E-state index is 12.0. The average molecular weight is 261 g/mol. The number of amides is 1. The van der Waals surface area contributed by atoms with Crippen molar-refractivity contribution < 1.29 is 14.3 Å². The van der Waals surface area contributed by atoms with Gasteiger partial charge in [-0.25, -0.2) is 0 Å². The highest BCUT2D eigenvalue weighted by Crippen LogP contribution is 2.23. The zero-order chi connectivity index (χ0) is 13.7. The molecule has 1 aromatic carbocycles. The van der Waals surface area contributed by atoms with E-state index in [1.54, 1.807) is 12.1 Å². The number of Topliss-reactive ketones (excluding diaryl/α,β-unsaturated/α-hetero) is 1. The highest BCUT2D eigenvalue weighted by molar-refractivity contribution is 5.99. The molecule has 2 rings (SSSR count). The molecule has 0 radical (unpaired) electrons. The summed E-state index contributed by atoms with van der Waals surface area (Å²) in [5.41, 5.74) is 0.623. The molecular weight excluding hydrogens is 242 g/mol. The van der Waals surface area contributed by atoms with Crippen molar-refractivity contribution in [3.05, 3.63) is 35.9 Å².